The Morgan fingerprint density at radius 3 is 2.67 bits per heavy atom. The number of aliphatic hydroxyl groups is 1. The lowest BCUT2D eigenvalue weighted by Gasteiger charge is -2.32. The molecule has 39 heavy (non-hydrogen) atoms. The van der Waals surface area contributed by atoms with Crippen molar-refractivity contribution in [2.45, 2.75) is 57.5 Å². The Bertz CT molecular complexity index is 1250. The van der Waals surface area contributed by atoms with E-state index >= 15 is 0 Å². The summed E-state index contributed by atoms with van der Waals surface area (Å²) in [7, 11) is 5.46. The van der Waals surface area contributed by atoms with E-state index in [1.807, 2.05) is 40.7 Å². The smallest absolute Gasteiger partial charge is 0.236 e. The second-order valence-corrected chi connectivity index (χ2v) is 10.4. The first kappa shape index (κ1) is 28.5. The predicted octanol–water partition coefficient (Wildman–Crippen LogP) is 2.09. The average Bonchev–Trinajstić information content (AvgIpc) is 3.31. The maximum atomic E-state index is 12.5. The highest BCUT2D eigenvalue weighted by atomic mass is 16.5. The molecule has 4 heterocycles. The summed E-state index contributed by atoms with van der Waals surface area (Å²) in [4.78, 5) is 30.2. The van der Waals surface area contributed by atoms with Gasteiger partial charge in [-0.1, -0.05) is 13.3 Å². The van der Waals surface area contributed by atoms with Crippen LogP contribution in [0.3, 0.4) is 0 Å². The van der Waals surface area contributed by atoms with Gasteiger partial charge in [-0.15, -0.1) is 0 Å². The van der Waals surface area contributed by atoms with E-state index in [0.717, 1.165) is 55.7 Å². The van der Waals surface area contributed by atoms with E-state index in [2.05, 4.69) is 27.3 Å². The lowest BCUT2D eigenvalue weighted by atomic mass is 9.92. The second-order valence-electron chi connectivity index (χ2n) is 10.4. The van der Waals surface area contributed by atoms with Crippen LogP contribution in [0, 0.1) is 0 Å². The van der Waals surface area contributed by atoms with E-state index in [4.69, 9.17) is 15.5 Å². The lowest BCUT2D eigenvalue weighted by Crippen LogP contribution is -2.42. The number of hydrogen-bond acceptors (Lipinski definition) is 10. The van der Waals surface area contributed by atoms with Crippen molar-refractivity contribution in [1.29, 1.82) is 0 Å². The number of carbonyl (C=O) groups is 1. The summed E-state index contributed by atoms with van der Waals surface area (Å²) in [6, 6.07) is 4.03. The van der Waals surface area contributed by atoms with Crippen molar-refractivity contribution in [3.8, 4) is 5.75 Å². The number of hydrogen-bond donors (Lipinski definition) is 3. The van der Waals surface area contributed by atoms with E-state index in [-0.39, 0.29) is 30.4 Å². The highest BCUT2D eigenvalue weighted by Gasteiger charge is 2.26. The quantitative estimate of drug-likeness (QED) is 0.312. The van der Waals surface area contributed by atoms with Crippen LogP contribution in [0.4, 0.5) is 11.8 Å². The van der Waals surface area contributed by atoms with E-state index < -0.39 is 0 Å². The summed E-state index contributed by atoms with van der Waals surface area (Å²) in [5.41, 5.74) is 9.11. The number of aromatic nitrogens is 5. The van der Waals surface area contributed by atoms with Gasteiger partial charge in [0.15, 0.2) is 5.82 Å². The molecule has 1 aliphatic rings. The Labute approximate surface area is 229 Å². The fraction of sp³-hybridized carbons (Fsp3) is 0.593. The minimum Gasteiger partial charge on any atom is -0.495 e. The van der Waals surface area contributed by atoms with Crippen LogP contribution in [0.15, 0.2) is 18.3 Å². The van der Waals surface area contributed by atoms with Crippen molar-refractivity contribution in [2.75, 3.05) is 58.5 Å². The van der Waals surface area contributed by atoms with Crippen LogP contribution < -0.4 is 15.8 Å². The number of nitrogens with zero attached hydrogens (tertiary/aromatic N) is 7. The number of nitrogens with one attached hydrogen (secondary N) is 1. The van der Waals surface area contributed by atoms with Gasteiger partial charge in [0.25, 0.3) is 0 Å². The summed E-state index contributed by atoms with van der Waals surface area (Å²) >= 11 is 0. The molecule has 0 radical (unpaired) electrons. The molecule has 212 valence electrons. The minimum atomic E-state index is 0.0484. The number of amides is 1. The Hall–Kier alpha value is -3.51. The van der Waals surface area contributed by atoms with E-state index in [0.29, 0.717) is 36.6 Å². The number of likely N-dealkylation sites (tertiary alicyclic amines) is 1. The number of methoxy groups -OCH3 is 1. The number of carbonyl (C=O) groups excluding carboxylic acids is 1. The molecule has 1 fully saturated rings. The van der Waals surface area contributed by atoms with Crippen molar-refractivity contribution < 1.29 is 14.6 Å². The lowest BCUT2D eigenvalue weighted by molar-refractivity contribution is -0.132. The number of rotatable bonds is 12. The van der Waals surface area contributed by atoms with Gasteiger partial charge >= 0.3 is 0 Å². The van der Waals surface area contributed by atoms with Gasteiger partial charge in [0, 0.05) is 37.4 Å². The van der Waals surface area contributed by atoms with Crippen LogP contribution in [0.1, 0.15) is 56.3 Å². The zero-order valence-electron chi connectivity index (χ0n) is 23.4. The van der Waals surface area contributed by atoms with Crippen molar-refractivity contribution in [3.05, 3.63) is 29.7 Å². The van der Waals surface area contributed by atoms with Gasteiger partial charge in [-0.3, -0.25) is 14.5 Å². The molecule has 4 rings (SSSR count). The highest BCUT2D eigenvalue weighted by Crippen LogP contribution is 2.30. The predicted molar refractivity (Wildman–Crippen MR) is 151 cm³/mol. The van der Waals surface area contributed by atoms with Crippen molar-refractivity contribution >= 4 is 28.7 Å². The summed E-state index contributed by atoms with van der Waals surface area (Å²) in [6.07, 6.45) is 5.87. The normalized spacial score (nSPS) is 15.2. The van der Waals surface area contributed by atoms with Crippen LogP contribution in [-0.2, 0) is 11.3 Å². The van der Waals surface area contributed by atoms with Crippen LogP contribution in [-0.4, -0.2) is 99.0 Å². The molecular formula is C27H41N9O3. The maximum Gasteiger partial charge on any atom is 0.236 e. The summed E-state index contributed by atoms with van der Waals surface area (Å²) in [5.74, 6) is 1.86. The fourth-order valence-electron chi connectivity index (χ4n) is 5.19. The second kappa shape index (κ2) is 13.0. The SMILES string of the molecule is CCC[C@@H](CCO)Nc1nc(N)nc2cnn(Cc3nc(C4CCN(C(=O)CN(C)C)CC4)ccc3OC)c12. The van der Waals surface area contributed by atoms with Gasteiger partial charge in [0.2, 0.25) is 11.9 Å². The van der Waals surface area contributed by atoms with Crippen molar-refractivity contribution in [1.82, 2.24) is 34.5 Å². The molecule has 3 aromatic heterocycles. The molecule has 0 aromatic carbocycles. The Morgan fingerprint density at radius 1 is 1.23 bits per heavy atom. The average molecular weight is 540 g/mol. The number of aliphatic hydroxyl groups excluding tert-OH is 1. The van der Waals surface area contributed by atoms with Gasteiger partial charge in [0.05, 0.1) is 26.4 Å². The van der Waals surface area contributed by atoms with Gasteiger partial charge < -0.3 is 30.7 Å². The van der Waals surface area contributed by atoms with Crippen LogP contribution in [0.25, 0.3) is 11.0 Å². The van der Waals surface area contributed by atoms with Crippen LogP contribution in [0.5, 0.6) is 5.75 Å². The van der Waals surface area contributed by atoms with Gasteiger partial charge in [-0.05, 0) is 51.9 Å². The molecule has 1 amide bonds. The zero-order valence-corrected chi connectivity index (χ0v) is 23.4. The van der Waals surface area contributed by atoms with Crippen molar-refractivity contribution in [2.24, 2.45) is 0 Å². The first-order valence-corrected chi connectivity index (χ1v) is 13.7. The molecule has 1 aliphatic heterocycles. The molecule has 3 aromatic rings. The number of fused-ring (bicyclic) bond motifs is 1. The highest BCUT2D eigenvalue weighted by molar-refractivity contribution is 5.86. The van der Waals surface area contributed by atoms with Crippen molar-refractivity contribution in [3.63, 3.8) is 0 Å². The number of anilines is 2. The van der Waals surface area contributed by atoms with E-state index in [1.54, 1.807) is 13.3 Å². The largest absolute Gasteiger partial charge is 0.495 e. The number of ether oxygens (including phenoxy) is 1. The number of piperidine rings is 1. The number of nitrogen functional groups attached to an aromatic ring is 1. The van der Waals surface area contributed by atoms with E-state index in [9.17, 15) is 9.90 Å². The maximum absolute atomic E-state index is 12.5. The topological polar surface area (TPSA) is 148 Å². The Balaban J connectivity index is 1.58. The fourth-order valence-corrected chi connectivity index (χ4v) is 5.19. The van der Waals surface area contributed by atoms with Gasteiger partial charge in [0.1, 0.15) is 22.5 Å². The molecule has 1 atom stereocenters. The standard InChI is InChI=1S/C27H41N9O3/c1-5-6-19(11-14-37)30-26-25-21(32-27(28)33-26)15-29-36(25)16-22-23(39-4)8-7-20(31-22)18-9-12-35(13-10-18)24(38)17-34(2)3/h7-8,15,18-19,37H,5-6,9-14,16-17H2,1-4H3,(H3,28,30,32,33)/t19-/m0/s1. The molecular weight excluding hydrogens is 498 g/mol. The van der Waals surface area contributed by atoms with E-state index in [1.165, 1.54) is 0 Å². The monoisotopic (exact) mass is 539 g/mol. The van der Waals surface area contributed by atoms with Crippen LogP contribution >= 0.6 is 0 Å². The third-order valence-corrected chi connectivity index (χ3v) is 7.15. The number of pyridine rings is 1. The zero-order chi connectivity index (χ0) is 27.9. The molecule has 0 unspecified atom stereocenters. The first-order valence-electron chi connectivity index (χ1n) is 13.7. The third-order valence-electron chi connectivity index (χ3n) is 7.15. The molecule has 1 saturated heterocycles. The first-order chi connectivity index (χ1) is 18.8. The Morgan fingerprint density at radius 2 is 2.00 bits per heavy atom. The van der Waals surface area contributed by atoms with Crippen LogP contribution in [0.2, 0.25) is 0 Å². The molecule has 0 bridgehead atoms. The van der Waals surface area contributed by atoms with Gasteiger partial charge in [-0.2, -0.15) is 10.1 Å². The summed E-state index contributed by atoms with van der Waals surface area (Å²) < 4.78 is 7.47. The minimum absolute atomic E-state index is 0.0484. The molecule has 0 aliphatic carbocycles. The Kier molecular flexibility index (Phi) is 9.52. The number of likely N-dealkylation sites (N-methyl/N-ethyl adjacent to an activating group) is 1. The summed E-state index contributed by atoms with van der Waals surface area (Å²) in [6.45, 7) is 4.43. The third kappa shape index (κ3) is 6.93. The molecule has 0 spiro atoms. The molecule has 0 saturated carbocycles. The molecule has 4 N–H and O–H groups in total. The molecule has 12 heteroatoms. The molecule has 12 nitrogen and oxygen atoms in total. The summed E-state index contributed by atoms with van der Waals surface area (Å²) in [5, 5.41) is 17.6. The van der Waals surface area contributed by atoms with Gasteiger partial charge in [-0.25, -0.2) is 4.98 Å². The number of nitrogens with two attached hydrogens (primary N) is 1.